The predicted molar refractivity (Wildman–Crippen MR) is 70.6 cm³/mol. The van der Waals surface area contributed by atoms with E-state index in [1.54, 1.807) is 13.8 Å². The van der Waals surface area contributed by atoms with E-state index >= 15 is 0 Å². The predicted octanol–water partition coefficient (Wildman–Crippen LogP) is 2.08. The summed E-state index contributed by atoms with van der Waals surface area (Å²) in [4.78, 5) is 0.0937. The minimum atomic E-state index is -3.63. The maximum absolute atomic E-state index is 12.1. The second kappa shape index (κ2) is 5.08. The lowest BCUT2D eigenvalue weighted by Gasteiger charge is -2.13. The van der Waals surface area contributed by atoms with Crippen LogP contribution in [-0.4, -0.2) is 14.5 Å². The van der Waals surface area contributed by atoms with Crippen LogP contribution in [0.5, 0.6) is 0 Å². The maximum atomic E-state index is 12.1. The van der Waals surface area contributed by atoms with Crippen LogP contribution in [0.15, 0.2) is 29.7 Å². The highest BCUT2D eigenvalue weighted by Crippen LogP contribution is 2.25. The van der Waals surface area contributed by atoms with Gasteiger partial charge >= 0.3 is 0 Å². The molecule has 0 aromatic heterocycles. The zero-order valence-corrected chi connectivity index (χ0v) is 11.3. The molecular weight excluding hydrogens is 260 g/mol. The number of nitrogens with two attached hydrogens (primary N) is 1. The Balaban J connectivity index is 3.29. The van der Waals surface area contributed by atoms with Crippen LogP contribution < -0.4 is 10.5 Å². The van der Waals surface area contributed by atoms with E-state index in [1.807, 2.05) is 0 Å². The lowest BCUT2D eigenvalue weighted by Crippen LogP contribution is -2.31. The number of hydrogen-bond acceptors (Lipinski definition) is 3. The molecular formula is C11H15ClN2O2S. The molecule has 3 N–H and O–H groups in total. The van der Waals surface area contributed by atoms with Crippen molar-refractivity contribution in [2.75, 3.05) is 5.73 Å². The Hall–Kier alpha value is -1.04. The minimum Gasteiger partial charge on any atom is -0.398 e. The standard InChI is InChI=1S/C11H15ClN2O2S/c1-4-7(2)14-17(15,16)11-6-9(12)5-10(13)8(11)3/h4-7,14H,1,13H2,2-3H3. The molecule has 4 nitrogen and oxygen atoms in total. The number of rotatable bonds is 4. The van der Waals surface area contributed by atoms with Gasteiger partial charge in [-0.2, -0.15) is 0 Å². The van der Waals surface area contributed by atoms with Gasteiger partial charge in [0.25, 0.3) is 0 Å². The van der Waals surface area contributed by atoms with Gasteiger partial charge in [0, 0.05) is 16.8 Å². The molecule has 94 valence electrons. The average Bonchev–Trinajstić information content (AvgIpc) is 2.22. The number of anilines is 1. The van der Waals surface area contributed by atoms with E-state index in [2.05, 4.69) is 11.3 Å². The van der Waals surface area contributed by atoms with Crippen molar-refractivity contribution < 1.29 is 8.42 Å². The van der Waals surface area contributed by atoms with Crippen molar-refractivity contribution in [2.24, 2.45) is 0 Å². The fourth-order valence-corrected chi connectivity index (χ4v) is 3.12. The molecule has 1 aromatic rings. The molecule has 1 unspecified atom stereocenters. The summed E-state index contributed by atoms with van der Waals surface area (Å²) in [5, 5.41) is 0.291. The van der Waals surface area contributed by atoms with Crippen molar-refractivity contribution in [2.45, 2.75) is 24.8 Å². The van der Waals surface area contributed by atoms with Gasteiger partial charge in [0.2, 0.25) is 10.0 Å². The Bertz CT molecular complexity index is 541. The first-order chi connectivity index (χ1) is 7.77. The first-order valence-electron chi connectivity index (χ1n) is 4.98. The van der Waals surface area contributed by atoms with Gasteiger partial charge in [0.1, 0.15) is 0 Å². The molecule has 0 aliphatic heterocycles. The lowest BCUT2D eigenvalue weighted by molar-refractivity contribution is 0.575. The van der Waals surface area contributed by atoms with Gasteiger partial charge in [0.05, 0.1) is 4.90 Å². The first-order valence-corrected chi connectivity index (χ1v) is 6.84. The molecule has 0 radical (unpaired) electrons. The van der Waals surface area contributed by atoms with E-state index in [0.717, 1.165) is 0 Å². The summed E-state index contributed by atoms with van der Waals surface area (Å²) in [6.45, 7) is 6.84. The van der Waals surface area contributed by atoms with Crippen LogP contribution in [0.2, 0.25) is 5.02 Å². The molecule has 6 heteroatoms. The molecule has 0 saturated heterocycles. The third-order valence-electron chi connectivity index (χ3n) is 2.35. The molecule has 0 aliphatic rings. The number of sulfonamides is 1. The van der Waals surface area contributed by atoms with Crippen LogP contribution in [0, 0.1) is 6.92 Å². The highest BCUT2D eigenvalue weighted by molar-refractivity contribution is 7.89. The Kier molecular flexibility index (Phi) is 4.19. The summed E-state index contributed by atoms with van der Waals surface area (Å²) in [7, 11) is -3.63. The van der Waals surface area contributed by atoms with E-state index in [9.17, 15) is 8.42 Å². The molecule has 0 fully saturated rings. The molecule has 0 spiro atoms. The first kappa shape index (κ1) is 14.0. The third-order valence-corrected chi connectivity index (χ3v) is 4.25. The highest BCUT2D eigenvalue weighted by Gasteiger charge is 2.20. The molecule has 1 aromatic carbocycles. The zero-order chi connectivity index (χ0) is 13.2. The molecule has 0 aliphatic carbocycles. The molecule has 0 bridgehead atoms. The van der Waals surface area contributed by atoms with Gasteiger partial charge in [-0.05, 0) is 31.5 Å². The van der Waals surface area contributed by atoms with Gasteiger partial charge in [-0.1, -0.05) is 17.7 Å². The quantitative estimate of drug-likeness (QED) is 0.652. The summed E-state index contributed by atoms with van der Waals surface area (Å²) in [5.41, 5.74) is 6.52. The normalized spacial score (nSPS) is 13.4. The van der Waals surface area contributed by atoms with E-state index in [4.69, 9.17) is 17.3 Å². The third kappa shape index (κ3) is 3.21. The van der Waals surface area contributed by atoms with Gasteiger partial charge in [-0.25, -0.2) is 13.1 Å². The maximum Gasteiger partial charge on any atom is 0.241 e. The Morgan fingerprint density at radius 1 is 1.53 bits per heavy atom. The SMILES string of the molecule is C=CC(C)NS(=O)(=O)c1cc(Cl)cc(N)c1C. The minimum absolute atomic E-state index is 0.0937. The van der Waals surface area contributed by atoms with E-state index in [-0.39, 0.29) is 10.9 Å². The van der Waals surface area contributed by atoms with E-state index < -0.39 is 10.0 Å². The number of benzene rings is 1. The van der Waals surface area contributed by atoms with Crippen LogP contribution >= 0.6 is 11.6 Å². The number of nitrogen functional groups attached to an aromatic ring is 1. The molecule has 17 heavy (non-hydrogen) atoms. The number of halogens is 1. The van der Waals surface area contributed by atoms with Crippen LogP contribution in [-0.2, 0) is 10.0 Å². The van der Waals surface area contributed by atoms with E-state index in [0.29, 0.717) is 16.3 Å². The second-order valence-electron chi connectivity index (χ2n) is 3.76. The number of nitrogens with one attached hydrogen (secondary N) is 1. The Labute approximate surface area is 107 Å². The average molecular weight is 275 g/mol. The van der Waals surface area contributed by atoms with Crippen LogP contribution in [0.4, 0.5) is 5.69 Å². The van der Waals surface area contributed by atoms with E-state index in [1.165, 1.54) is 18.2 Å². The lowest BCUT2D eigenvalue weighted by atomic mass is 10.2. The van der Waals surface area contributed by atoms with Crippen molar-refractivity contribution in [3.63, 3.8) is 0 Å². The van der Waals surface area contributed by atoms with Crippen molar-refractivity contribution >= 4 is 27.3 Å². The van der Waals surface area contributed by atoms with Gasteiger partial charge in [-0.15, -0.1) is 6.58 Å². The Morgan fingerprint density at radius 3 is 2.65 bits per heavy atom. The molecule has 0 amide bonds. The van der Waals surface area contributed by atoms with Crippen LogP contribution in [0.25, 0.3) is 0 Å². The van der Waals surface area contributed by atoms with Gasteiger partial charge in [-0.3, -0.25) is 0 Å². The molecule has 1 atom stereocenters. The topological polar surface area (TPSA) is 72.2 Å². The van der Waals surface area contributed by atoms with Crippen molar-refractivity contribution in [1.82, 2.24) is 4.72 Å². The van der Waals surface area contributed by atoms with Gasteiger partial charge < -0.3 is 5.73 Å². The van der Waals surface area contributed by atoms with Crippen molar-refractivity contribution in [3.8, 4) is 0 Å². The second-order valence-corrected chi connectivity index (χ2v) is 5.88. The highest BCUT2D eigenvalue weighted by atomic mass is 35.5. The summed E-state index contributed by atoms with van der Waals surface area (Å²) in [6.07, 6.45) is 1.50. The van der Waals surface area contributed by atoms with Gasteiger partial charge in [0.15, 0.2) is 0 Å². The largest absolute Gasteiger partial charge is 0.398 e. The molecule has 0 heterocycles. The summed E-state index contributed by atoms with van der Waals surface area (Å²) in [6, 6.07) is 2.54. The summed E-state index contributed by atoms with van der Waals surface area (Å²) in [5.74, 6) is 0. The fraction of sp³-hybridized carbons (Fsp3) is 0.273. The summed E-state index contributed by atoms with van der Waals surface area (Å²) >= 11 is 5.81. The Morgan fingerprint density at radius 2 is 2.12 bits per heavy atom. The van der Waals surface area contributed by atoms with Crippen molar-refractivity contribution in [3.05, 3.63) is 35.4 Å². The molecule has 1 rings (SSSR count). The number of hydrogen-bond donors (Lipinski definition) is 2. The summed E-state index contributed by atoms with van der Waals surface area (Å²) < 4.78 is 26.6. The smallest absolute Gasteiger partial charge is 0.241 e. The monoisotopic (exact) mass is 274 g/mol. The zero-order valence-electron chi connectivity index (χ0n) is 9.70. The fourth-order valence-electron chi connectivity index (χ4n) is 1.31. The van der Waals surface area contributed by atoms with Crippen LogP contribution in [0.3, 0.4) is 0 Å². The van der Waals surface area contributed by atoms with Crippen LogP contribution in [0.1, 0.15) is 12.5 Å². The van der Waals surface area contributed by atoms with Crippen molar-refractivity contribution in [1.29, 1.82) is 0 Å². The molecule has 0 saturated carbocycles.